The Kier molecular flexibility index (Phi) is 6.54. The molecule has 0 aromatic carbocycles. The van der Waals surface area contributed by atoms with Crippen molar-refractivity contribution in [1.29, 1.82) is 0 Å². The molecule has 2 fully saturated rings. The van der Waals surface area contributed by atoms with Crippen LogP contribution in [-0.2, 0) is 16.6 Å². The summed E-state index contributed by atoms with van der Waals surface area (Å²) in [5.41, 5.74) is 1.54. The van der Waals surface area contributed by atoms with E-state index in [-0.39, 0.29) is 17.6 Å². The monoisotopic (exact) mass is 440 g/mol. The SMILES string of the molecule is Cn1cccc1C(=O)N1CCC2(CC(Nc3cccnc3)CO2)C1.O=C(O)C(F)(F)F. The van der Waals surface area contributed by atoms with E-state index in [4.69, 9.17) is 14.6 Å². The van der Waals surface area contributed by atoms with Crippen LogP contribution >= 0.6 is 0 Å². The minimum atomic E-state index is -5.08. The van der Waals surface area contributed by atoms with Crippen LogP contribution in [0.3, 0.4) is 0 Å². The molecular weight excluding hydrogens is 417 g/mol. The number of hydrogen-bond donors (Lipinski definition) is 2. The second kappa shape index (κ2) is 8.96. The molecule has 11 heteroatoms. The van der Waals surface area contributed by atoms with Crippen LogP contribution in [0.4, 0.5) is 18.9 Å². The predicted octanol–water partition coefficient (Wildman–Crippen LogP) is 2.54. The van der Waals surface area contributed by atoms with Gasteiger partial charge in [0, 0.05) is 38.6 Å². The van der Waals surface area contributed by atoms with Gasteiger partial charge in [0.15, 0.2) is 0 Å². The molecule has 2 saturated heterocycles. The Morgan fingerprint density at radius 1 is 1.32 bits per heavy atom. The fourth-order valence-corrected chi connectivity index (χ4v) is 3.77. The molecule has 2 aromatic heterocycles. The molecule has 2 aliphatic heterocycles. The van der Waals surface area contributed by atoms with Gasteiger partial charge >= 0.3 is 12.1 Å². The number of carboxylic acid groups (broad SMARTS) is 1. The van der Waals surface area contributed by atoms with Crippen molar-refractivity contribution in [2.75, 3.05) is 25.0 Å². The summed E-state index contributed by atoms with van der Waals surface area (Å²) >= 11 is 0. The van der Waals surface area contributed by atoms with E-state index in [0.717, 1.165) is 30.8 Å². The zero-order valence-electron chi connectivity index (χ0n) is 16.8. The van der Waals surface area contributed by atoms with Crippen LogP contribution in [0.25, 0.3) is 0 Å². The number of pyridine rings is 1. The number of rotatable bonds is 3. The molecular formula is C20H23F3N4O4. The van der Waals surface area contributed by atoms with E-state index in [1.54, 1.807) is 6.20 Å². The number of carbonyl (C=O) groups excluding carboxylic acids is 1. The van der Waals surface area contributed by atoms with Crippen LogP contribution in [-0.4, -0.2) is 68.9 Å². The van der Waals surface area contributed by atoms with E-state index < -0.39 is 12.1 Å². The second-order valence-corrected chi connectivity index (χ2v) is 7.57. The number of hydrogen-bond acceptors (Lipinski definition) is 5. The lowest BCUT2D eigenvalue weighted by Crippen LogP contribution is -2.36. The second-order valence-electron chi connectivity index (χ2n) is 7.57. The van der Waals surface area contributed by atoms with Crippen molar-refractivity contribution >= 4 is 17.6 Å². The van der Waals surface area contributed by atoms with Gasteiger partial charge in [-0.05, 0) is 30.7 Å². The minimum Gasteiger partial charge on any atom is -0.475 e. The number of carbonyl (C=O) groups is 2. The number of nitrogens with zero attached hydrogens (tertiary/aromatic N) is 3. The van der Waals surface area contributed by atoms with Crippen molar-refractivity contribution in [2.24, 2.45) is 7.05 Å². The number of nitrogens with one attached hydrogen (secondary N) is 1. The first-order valence-corrected chi connectivity index (χ1v) is 9.61. The number of carboxylic acids is 1. The fourth-order valence-electron chi connectivity index (χ4n) is 3.77. The molecule has 0 saturated carbocycles. The summed E-state index contributed by atoms with van der Waals surface area (Å²) in [5.74, 6) is -2.67. The van der Waals surface area contributed by atoms with Crippen molar-refractivity contribution in [3.63, 3.8) is 0 Å². The van der Waals surface area contributed by atoms with Gasteiger partial charge < -0.3 is 24.6 Å². The van der Waals surface area contributed by atoms with Gasteiger partial charge in [0.05, 0.1) is 30.5 Å². The van der Waals surface area contributed by atoms with Gasteiger partial charge in [-0.25, -0.2) is 4.79 Å². The first kappa shape index (κ1) is 22.6. The van der Waals surface area contributed by atoms with E-state index in [2.05, 4.69) is 10.3 Å². The van der Waals surface area contributed by atoms with Gasteiger partial charge in [0.2, 0.25) is 0 Å². The molecule has 0 radical (unpaired) electrons. The lowest BCUT2D eigenvalue weighted by atomic mass is 9.97. The number of alkyl halides is 3. The van der Waals surface area contributed by atoms with E-state index in [1.165, 1.54) is 0 Å². The maximum Gasteiger partial charge on any atom is 0.490 e. The molecule has 2 unspecified atom stereocenters. The molecule has 168 valence electrons. The summed E-state index contributed by atoms with van der Waals surface area (Å²) in [7, 11) is 1.90. The molecule has 2 atom stereocenters. The van der Waals surface area contributed by atoms with Crippen LogP contribution in [0, 0.1) is 0 Å². The van der Waals surface area contributed by atoms with Crippen molar-refractivity contribution in [2.45, 2.75) is 30.7 Å². The minimum absolute atomic E-state index is 0.0895. The van der Waals surface area contributed by atoms with Crippen LogP contribution < -0.4 is 5.32 Å². The Labute approximate surface area is 176 Å². The van der Waals surface area contributed by atoms with Gasteiger partial charge in [-0.15, -0.1) is 0 Å². The number of aryl methyl sites for hydroxylation is 1. The van der Waals surface area contributed by atoms with Crippen molar-refractivity contribution in [1.82, 2.24) is 14.5 Å². The highest BCUT2D eigenvalue weighted by molar-refractivity contribution is 5.93. The predicted molar refractivity (Wildman–Crippen MR) is 105 cm³/mol. The first-order chi connectivity index (χ1) is 14.6. The normalized spacial score (nSPS) is 22.8. The molecule has 2 aliphatic rings. The number of amides is 1. The Bertz CT molecular complexity index is 919. The summed E-state index contributed by atoms with van der Waals surface area (Å²) < 4.78 is 39.7. The molecule has 31 heavy (non-hydrogen) atoms. The number of halogens is 3. The third-order valence-electron chi connectivity index (χ3n) is 5.25. The Morgan fingerprint density at radius 3 is 2.65 bits per heavy atom. The van der Waals surface area contributed by atoms with E-state index >= 15 is 0 Å². The van der Waals surface area contributed by atoms with Crippen molar-refractivity contribution in [3.05, 3.63) is 48.5 Å². The average Bonchev–Trinajstić information content (AvgIpc) is 3.43. The van der Waals surface area contributed by atoms with Gasteiger partial charge in [0.1, 0.15) is 5.69 Å². The first-order valence-electron chi connectivity index (χ1n) is 9.61. The van der Waals surface area contributed by atoms with Gasteiger partial charge in [-0.2, -0.15) is 13.2 Å². The highest BCUT2D eigenvalue weighted by Gasteiger charge is 2.47. The van der Waals surface area contributed by atoms with Crippen LogP contribution in [0.5, 0.6) is 0 Å². The number of ether oxygens (including phenoxy) is 1. The molecule has 4 heterocycles. The number of anilines is 1. The highest BCUT2D eigenvalue weighted by Crippen LogP contribution is 2.36. The smallest absolute Gasteiger partial charge is 0.475 e. The Balaban J connectivity index is 0.000000339. The standard InChI is InChI=1S/C18H22N4O2.C2HF3O2/c1-21-8-3-5-16(21)17(23)22-9-6-18(13-22)10-15(12-24-18)20-14-4-2-7-19-11-14;3-2(4,5)1(6)7/h2-5,7-8,11,15,20H,6,9-10,12-13H2,1H3;(H,6,7). The zero-order valence-corrected chi connectivity index (χ0v) is 16.8. The summed E-state index contributed by atoms with van der Waals surface area (Å²) in [6, 6.07) is 7.97. The van der Waals surface area contributed by atoms with Crippen LogP contribution in [0.15, 0.2) is 42.9 Å². The molecule has 2 N–H and O–H groups in total. The van der Waals surface area contributed by atoms with Crippen LogP contribution in [0.2, 0.25) is 0 Å². The Hall–Kier alpha value is -3.08. The highest BCUT2D eigenvalue weighted by atomic mass is 19.4. The molecule has 2 aromatic rings. The number of aliphatic carboxylic acids is 1. The third kappa shape index (κ3) is 5.54. The van der Waals surface area contributed by atoms with E-state index in [9.17, 15) is 18.0 Å². The molecule has 1 amide bonds. The zero-order chi connectivity index (χ0) is 22.6. The summed E-state index contributed by atoms with van der Waals surface area (Å²) in [5, 5.41) is 10.6. The quantitative estimate of drug-likeness (QED) is 0.762. The maximum absolute atomic E-state index is 12.7. The molecule has 0 aliphatic carbocycles. The molecule has 8 nitrogen and oxygen atoms in total. The van der Waals surface area contributed by atoms with E-state index in [1.807, 2.05) is 53.2 Å². The van der Waals surface area contributed by atoms with Gasteiger partial charge in [0.25, 0.3) is 5.91 Å². The largest absolute Gasteiger partial charge is 0.490 e. The van der Waals surface area contributed by atoms with Gasteiger partial charge in [-0.1, -0.05) is 0 Å². The maximum atomic E-state index is 12.7. The van der Waals surface area contributed by atoms with Crippen LogP contribution in [0.1, 0.15) is 23.3 Å². The molecule has 0 bridgehead atoms. The average molecular weight is 440 g/mol. The van der Waals surface area contributed by atoms with Gasteiger partial charge in [-0.3, -0.25) is 9.78 Å². The number of likely N-dealkylation sites (tertiary alicyclic amines) is 1. The fraction of sp³-hybridized carbons (Fsp3) is 0.450. The van der Waals surface area contributed by atoms with E-state index in [0.29, 0.717) is 13.2 Å². The third-order valence-corrected chi connectivity index (χ3v) is 5.25. The lowest BCUT2D eigenvalue weighted by Gasteiger charge is -2.23. The Morgan fingerprint density at radius 2 is 2.06 bits per heavy atom. The molecule has 1 spiro atoms. The molecule has 4 rings (SSSR count). The van der Waals surface area contributed by atoms with Crippen molar-refractivity contribution in [3.8, 4) is 0 Å². The lowest BCUT2D eigenvalue weighted by molar-refractivity contribution is -0.192. The topological polar surface area (TPSA) is 96.7 Å². The summed E-state index contributed by atoms with van der Waals surface area (Å²) in [4.78, 5) is 27.6. The summed E-state index contributed by atoms with van der Waals surface area (Å²) in [6.45, 7) is 2.09. The number of aromatic nitrogens is 2. The summed E-state index contributed by atoms with van der Waals surface area (Å²) in [6.07, 6.45) is 2.22. The van der Waals surface area contributed by atoms with Crippen molar-refractivity contribution < 1.29 is 32.6 Å².